The molecule has 0 radical (unpaired) electrons. The molecule has 0 spiro atoms. The fourth-order valence-corrected chi connectivity index (χ4v) is 2.27. The second-order valence-corrected chi connectivity index (χ2v) is 5.45. The highest BCUT2D eigenvalue weighted by Crippen LogP contribution is 2.33. The molecule has 3 nitrogen and oxygen atoms in total. The second-order valence-electron chi connectivity index (χ2n) is 5.45. The Kier molecular flexibility index (Phi) is 3.77. The van der Waals surface area contributed by atoms with Crippen LogP contribution in [0.25, 0.3) is 5.65 Å². The number of hydrogen-bond acceptors (Lipinski definition) is 2. The minimum Gasteiger partial charge on any atom is -0.304 e. The van der Waals surface area contributed by atoms with E-state index < -0.39 is 11.7 Å². The fraction of sp³-hybridized carbons (Fsp3) is 0.500. The number of alkyl halides is 3. The number of rotatable bonds is 3. The van der Waals surface area contributed by atoms with Crippen LogP contribution in [0.4, 0.5) is 13.2 Å². The molecule has 2 aromatic heterocycles. The molecule has 110 valence electrons. The number of fused-ring (bicyclic) bond motifs is 1. The van der Waals surface area contributed by atoms with Crippen LogP contribution in [0.3, 0.4) is 0 Å². The quantitative estimate of drug-likeness (QED) is 0.860. The highest BCUT2D eigenvalue weighted by atomic mass is 19.4. The van der Waals surface area contributed by atoms with Crippen LogP contribution in [-0.2, 0) is 12.7 Å². The Balaban J connectivity index is 2.74. The minimum atomic E-state index is -4.39. The molecule has 0 aromatic carbocycles. The van der Waals surface area contributed by atoms with Crippen molar-refractivity contribution >= 4 is 5.65 Å². The topological polar surface area (TPSA) is 20.5 Å². The van der Waals surface area contributed by atoms with E-state index in [9.17, 15) is 13.2 Å². The molecule has 0 bridgehead atoms. The largest absolute Gasteiger partial charge is 0.419 e. The van der Waals surface area contributed by atoms with E-state index in [0.717, 1.165) is 17.5 Å². The van der Waals surface area contributed by atoms with Gasteiger partial charge in [-0.2, -0.15) is 13.2 Å². The number of aromatic nitrogens is 2. The summed E-state index contributed by atoms with van der Waals surface area (Å²) in [5.74, 6) is 0.0749. The van der Waals surface area contributed by atoms with Crippen molar-refractivity contribution in [3.8, 4) is 0 Å². The van der Waals surface area contributed by atoms with Crippen LogP contribution in [-0.4, -0.2) is 28.4 Å². The summed E-state index contributed by atoms with van der Waals surface area (Å²) in [6.45, 7) is 4.43. The van der Waals surface area contributed by atoms with Crippen LogP contribution in [0.15, 0.2) is 18.3 Å². The molecule has 0 saturated heterocycles. The van der Waals surface area contributed by atoms with Crippen molar-refractivity contribution in [2.45, 2.75) is 32.5 Å². The Labute approximate surface area is 116 Å². The Hall–Kier alpha value is -1.56. The Morgan fingerprint density at radius 2 is 1.95 bits per heavy atom. The van der Waals surface area contributed by atoms with E-state index in [0.29, 0.717) is 6.54 Å². The van der Waals surface area contributed by atoms with Gasteiger partial charge in [-0.15, -0.1) is 0 Å². The number of halogens is 3. The zero-order valence-corrected chi connectivity index (χ0v) is 12.0. The molecule has 2 rings (SSSR count). The summed E-state index contributed by atoms with van der Waals surface area (Å²) in [6, 6.07) is 2.49. The molecule has 2 aromatic rings. The second kappa shape index (κ2) is 5.09. The molecule has 0 aliphatic carbocycles. The summed E-state index contributed by atoms with van der Waals surface area (Å²) in [7, 11) is 3.77. The van der Waals surface area contributed by atoms with Crippen LogP contribution in [0.1, 0.15) is 36.7 Å². The van der Waals surface area contributed by atoms with E-state index in [1.165, 1.54) is 6.07 Å². The van der Waals surface area contributed by atoms with Crippen LogP contribution in [0.5, 0.6) is 0 Å². The monoisotopic (exact) mass is 285 g/mol. The normalized spacial score (nSPS) is 12.8. The van der Waals surface area contributed by atoms with Crippen molar-refractivity contribution in [2.75, 3.05) is 14.1 Å². The van der Waals surface area contributed by atoms with Gasteiger partial charge in [-0.25, -0.2) is 4.98 Å². The first kappa shape index (κ1) is 14.8. The van der Waals surface area contributed by atoms with Gasteiger partial charge in [0.15, 0.2) is 0 Å². The lowest BCUT2D eigenvalue weighted by Crippen LogP contribution is -2.14. The van der Waals surface area contributed by atoms with Gasteiger partial charge in [-0.3, -0.25) is 0 Å². The maximum atomic E-state index is 13.1. The average molecular weight is 285 g/mol. The summed E-state index contributed by atoms with van der Waals surface area (Å²) in [4.78, 5) is 6.17. The standard InChI is InChI=1S/C14H18F3N3/c1-9(2)12-11(8-19(3)4)20-7-5-6-10(13(20)18-12)14(15,16)17/h5-7,9H,8H2,1-4H3. The highest BCUT2D eigenvalue weighted by molar-refractivity contribution is 5.53. The molecule has 0 aliphatic heterocycles. The zero-order valence-electron chi connectivity index (χ0n) is 12.0. The molecule has 0 amide bonds. The molecule has 0 atom stereocenters. The van der Waals surface area contributed by atoms with Crippen LogP contribution in [0.2, 0.25) is 0 Å². The molecule has 6 heteroatoms. The third-order valence-electron chi connectivity index (χ3n) is 3.10. The first-order valence-electron chi connectivity index (χ1n) is 6.43. The molecular formula is C14H18F3N3. The first-order valence-corrected chi connectivity index (χ1v) is 6.43. The van der Waals surface area contributed by atoms with Gasteiger partial charge in [0.05, 0.1) is 17.0 Å². The predicted octanol–water partition coefficient (Wildman–Crippen LogP) is 3.54. The third-order valence-corrected chi connectivity index (χ3v) is 3.10. The van der Waals surface area contributed by atoms with Gasteiger partial charge in [0.25, 0.3) is 0 Å². The first-order chi connectivity index (χ1) is 9.21. The van der Waals surface area contributed by atoms with Gasteiger partial charge in [-0.05, 0) is 32.1 Å². The van der Waals surface area contributed by atoms with E-state index >= 15 is 0 Å². The molecule has 2 heterocycles. The number of pyridine rings is 1. The SMILES string of the molecule is CC(C)c1nc2c(C(F)(F)F)cccn2c1CN(C)C. The smallest absolute Gasteiger partial charge is 0.304 e. The van der Waals surface area contributed by atoms with Gasteiger partial charge < -0.3 is 9.30 Å². The van der Waals surface area contributed by atoms with Crippen LogP contribution < -0.4 is 0 Å². The fourth-order valence-electron chi connectivity index (χ4n) is 2.27. The van der Waals surface area contributed by atoms with E-state index in [-0.39, 0.29) is 11.6 Å². The van der Waals surface area contributed by atoms with Crippen molar-refractivity contribution in [3.63, 3.8) is 0 Å². The Morgan fingerprint density at radius 3 is 2.45 bits per heavy atom. The zero-order chi connectivity index (χ0) is 15.1. The summed E-state index contributed by atoms with van der Waals surface area (Å²) in [5, 5.41) is 0. The van der Waals surface area contributed by atoms with E-state index in [1.807, 2.05) is 32.8 Å². The molecule has 0 N–H and O–H groups in total. The number of nitrogens with zero attached hydrogens (tertiary/aromatic N) is 3. The Morgan fingerprint density at radius 1 is 1.30 bits per heavy atom. The van der Waals surface area contributed by atoms with Crippen LogP contribution in [0, 0.1) is 0 Å². The molecule has 0 saturated carbocycles. The van der Waals surface area contributed by atoms with Crippen molar-refractivity contribution in [2.24, 2.45) is 0 Å². The predicted molar refractivity (Wildman–Crippen MR) is 71.7 cm³/mol. The Bertz CT molecular complexity index is 612. The molecule has 0 aliphatic rings. The lowest BCUT2D eigenvalue weighted by molar-refractivity contribution is -0.136. The lowest BCUT2D eigenvalue weighted by atomic mass is 10.1. The number of hydrogen-bond donors (Lipinski definition) is 0. The maximum Gasteiger partial charge on any atom is 0.419 e. The van der Waals surface area contributed by atoms with E-state index in [1.54, 1.807) is 10.6 Å². The van der Waals surface area contributed by atoms with Crippen molar-refractivity contribution < 1.29 is 13.2 Å². The van der Waals surface area contributed by atoms with Crippen molar-refractivity contribution in [3.05, 3.63) is 35.3 Å². The number of imidazole rings is 1. The van der Waals surface area contributed by atoms with Crippen molar-refractivity contribution in [1.82, 2.24) is 14.3 Å². The average Bonchev–Trinajstić information content (AvgIpc) is 2.66. The molecule has 20 heavy (non-hydrogen) atoms. The van der Waals surface area contributed by atoms with Gasteiger partial charge in [0.1, 0.15) is 5.65 Å². The summed E-state index contributed by atoms with van der Waals surface area (Å²) in [6.07, 6.45) is -2.75. The minimum absolute atomic E-state index is 0.0134. The molecular weight excluding hydrogens is 267 g/mol. The van der Waals surface area contributed by atoms with Gasteiger partial charge >= 0.3 is 6.18 Å². The lowest BCUT2D eigenvalue weighted by Gasteiger charge is -2.13. The van der Waals surface area contributed by atoms with Crippen LogP contribution >= 0.6 is 0 Å². The summed E-state index contributed by atoms with van der Waals surface area (Å²) >= 11 is 0. The summed E-state index contributed by atoms with van der Waals surface area (Å²) in [5.41, 5.74) is 0.828. The van der Waals surface area contributed by atoms with Gasteiger partial charge in [-0.1, -0.05) is 13.8 Å². The maximum absolute atomic E-state index is 13.1. The van der Waals surface area contributed by atoms with Gasteiger partial charge in [0.2, 0.25) is 0 Å². The van der Waals surface area contributed by atoms with E-state index in [4.69, 9.17) is 0 Å². The third kappa shape index (κ3) is 2.65. The molecule has 0 unspecified atom stereocenters. The van der Waals surface area contributed by atoms with Gasteiger partial charge in [0, 0.05) is 12.7 Å². The highest BCUT2D eigenvalue weighted by Gasteiger charge is 2.34. The van der Waals surface area contributed by atoms with E-state index in [2.05, 4.69) is 4.98 Å². The molecule has 0 fully saturated rings. The summed E-state index contributed by atoms with van der Waals surface area (Å²) < 4.78 is 40.7. The van der Waals surface area contributed by atoms with Crippen molar-refractivity contribution in [1.29, 1.82) is 0 Å².